The van der Waals surface area contributed by atoms with Crippen LogP contribution in [0, 0.1) is 0 Å². The Kier molecular flexibility index (Phi) is 11.7. The van der Waals surface area contributed by atoms with E-state index in [1.807, 2.05) is 0 Å². The SMILES string of the molecule is CC(O)(CS(=O)(=O)O)NC1CCCCC1.O=S(=O)(O)CC(O)CNC1CCCCC1. The van der Waals surface area contributed by atoms with E-state index >= 15 is 0 Å². The summed E-state index contributed by atoms with van der Waals surface area (Å²) in [5.74, 6) is -1.26. The summed E-state index contributed by atoms with van der Waals surface area (Å²) in [5.41, 5.74) is -1.55. The maximum Gasteiger partial charge on any atom is 0.269 e. The summed E-state index contributed by atoms with van der Waals surface area (Å²) < 4.78 is 59.4. The molecule has 0 aliphatic heterocycles. The van der Waals surface area contributed by atoms with Crippen molar-refractivity contribution in [2.45, 2.75) is 95.0 Å². The zero-order chi connectivity index (χ0) is 22.8. The first-order valence-corrected chi connectivity index (χ1v) is 13.8. The Balaban J connectivity index is 0.000000300. The van der Waals surface area contributed by atoms with Crippen molar-refractivity contribution in [3.8, 4) is 0 Å². The number of aliphatic hydroxyl groups is 2. The van der Waals surface area contributed by atoms with Crippen LogP contribution in [0.1, 0.15) is 71.1 Å². The lowest BCUT2D eigenvalue weighted by Gasteiger charge is -2.31. The topological polar surface area (TPSA) is 173 Å². The molecule has 30 heavy (non-hydrogen) atoms. The van der Waals surface area contributed by atoms with Crippen LogP contribution in [0.15, 0.2) is 0 Å². The first-order chi connectivity index (χ1) is 13.8. The monoisotopic (exact) mass is 474 g/mol. The van der Waals surface area contributed by atoms with Gasteiger partial charge in [-0.1, -0.05) is 38.5 Å². The minimum atomic E-state index is -4.15. The maximum absolute atomic E-state index is 10.6. The molecule has 2 aliphatic rings. The zero-order valence-corrected chi connectivity index (χ0v) is 19.3. The average molecular weight is 475 g/mol. The van der Waals surface area contributed by atoms with Gasteiger partial charge in [0, 0.05) is 18.6 Å². The second-order valence-electron chi connectivity index (χ2n) is 8.62. The largest absolute Gasteiger partial charge is 0.391 e. The van der Waals surface area contributed by atoms with Crippen LogP contribution in [-0.4, -0.2) is 78.1 Å². The molecule has 0 radical (unpaired) electrons. The summed E-state index contributed by atoms with van der Waals surface area (Å²) in [6.45, 7) is 1.60. The highest BCUT2D eigenvalue weighted by Gasteiger charge is 2.30. The van der Waals surface area contributed by atoms with Gasteiger partial charge in [-0.25, -0.2) is 0 Å². The first-order valence-electron chi connectivity index (χ1n) is 10.6. The number of hydrogen-bond donors (Lipinski definition) is 6. The molecular weight excluding hydrogens is 436 g/mol. The molecule has 0 aromatic heterocycles. The molecule has 0 spiro atoms. The fourth-order valence-corrected chi connectivity index (χ4v) is 5.39. The number of rotatable bonds is 9. The molecule has 2 fully saturated rings. The van der Waals surface area contributed by atoms with Gasteiger partial charge in [-0.2, -0.15) is 16.8 Å². The van der Waals surface area contributed by atoms with E-state index in [1.54, 1.807) is 0 Å². The predicted molar refractivity (Wildman–Crippen MR) is 114 cm³/mol. The number of aliphatic hydroxyl groups excluding tert-OH is 1. The summed E-state index contributed by atoms with van der Waals surface area (Å²) in [5, 5.41) is 25.1. The van der Waals surface area contributed by atoms with Crippen LogP contribution in [0.4, 0.5) is 0 Å². The molecule has 10 nitrogen and oxygen atoms in total. The standard InChI is InChI=1S/2C9H19NO4S/c1-9(11,7-15(12,13)14)10-8-5-3-2-4-6-8;11-9(7-15(12,13)14)6-10-8-4-2-1-3-5-8/h8,10-11H,2-7H2,1H3,(H,12,13,14);8-11H,1-7H2,(H,12,13,14). The van der Waals surface area contributed by atoms with Crippen LogP contribution in [0.25, 0.3) is 0 Å². The van der Waals surface area contributed by atoms with E-state index in [-0.39, 0.29) is 12.6 Å². The molecular formula is C18H38N2O8S2. The van der Waals surface area contributed by atoms with E-state index in [1.165, 1.54) is 32.6 Å². The minimum absolute atomic E-state index is 0.149. The van der Waals surface area contributed by atoms with E-state index in [0.717, 1.165) is 38.5 Å². The van der Waals surface area contributed by atoms with Gasteiger partial charge in [0.25, 0.3) is 20.2 Å². The Hall–Kier alpha value is -0.340. The van der Waals surface area contributed by atoms with Crippen LogP contribution in [0.2, 0.25) is 0 Å². The van der Waals surface area contributed by atoms with Crippen molar-refractivity contribution in [3.63, 3.8) is 0 Å². The van der Waals surface area contributed by atoms with Gasteiger partial charge < -0.3 is 15.5 Å². The molecule has 0 aromatic rings. The first kappa shape index (κ1) is 27.7. The lowest BCUT2D eigenvalue weighted by Crippen LogP contribution is -2.52. The Morgan fingerprint density at radius 2 is 1.33 bits per heavy atom. The normalized spacial score (nSPS) is 22.6. The van der Waals surface area contributed by atoms with Crippen molar-refractivity contribution in [1.82, 2.24) is 10.6 Å². The molecule has 2 rings (SSSR count). The van der Waals surface area contributed by atoms with E-state index in [0.29, 0.717) is 6.04 Å². The molecule has 0 heterocycles. The molecule has 2 atom stereocenters. The number of nitrogens with one attached hydrogen (secondary N) is 2. The second kappa shape index (κ2) is 12.6. The predicted octanol–water partition coefficient (Wildman–Crippen LogP) is 0.662. The fourth-order valence-electron chi connectivity index (χ4n) is 3.99. The van der Waals surface area contributed by atoms with Gasteiger partial charge in [-0.05, 0) is 32.6 Å². The van der Waals surface area contributed by atoms with E-state index in [4.69, 9.17) is 9.11 Å². The van der Waals surface area contributed by atoms with Gasteiger partial charge in [0.1, 0.15) is 17.2 Å². The van der Waals surface area contributed by atoms with Crippen molar-refractivity contribution < 1.29 is 36.2 Å². The average Bonchev–Trinajstić information content (AvgIpc) is 2.58. The van der Waals surface area contributed by atoms with Crippen molar-refractivity contribution in [1.29, 1.82) is 0 Å². The molecule has 0 bridgehead atoms. The van der Waals surface area contributed by atoms with Crippen LogP contribution in [-0.2, 0) is 20.2 Å². The lowest BCUT2D eigenvalue weighted by atomic mass is 9.95. The molecule has 6 N–H and O–H groups in total. The van der Waals surface area contributed by atoms with Crippen LogP contribution in [0.5, 0.6) is 0 Å². The van der Waals surface area contributed by atoms with Crippen LogP contribution in [0.3, 0.4) is 0 Å². The highest BCUT2D eigenvalue weighted by molar-refractivity contribution is 7.86. The smallest absolute Gasteiger partial charge is 0.269 e. The Labute approximate surface area is 180 Å². The van der Waals surface area contributed by atoms with Crippen LogP contribution < -0.4 is 10.6 Å². The van der Waals surface area contributed by atoms with Gasteiger partial charge in [0.05, 0.1) is 6.10 Å². The fraction of sp³-hybridized carbons (Fsp3) is 1.00. The molecule has 2 unspecified atom stereocenters. The molecule has 2 aliphatic carbocycles. The summed E-state index contributed by atoms with van der Waals surface area (Å²) in [6.07, 6.45) is 10.0. The molecule has 0 saturated heterocycles. The van der Waals surface area contributed by atoms with E-state index in [2.05, 4.69) is 10.6 Å². The zero-order valence-electron chi connectivity index (χ0n) is 17.7. The molecule has 12 heteroatoms. The van der Waals surface area contributed by atoms with E-state index < -0.39 is 43.6 Å². The summed E-state index contributed by atoms with van der Waals surface area (Å²) >= 11 is 0. The van der Waals surface area contributed by atoms with Crippen molar-refractivity contribution in [2.24, 2.45) is 0 Å². The Morgan fingerprint density at radius 1 is 0.867 bits per heavy atom. The summed E-state index contributed by atoms with van der Waals surface area (Å²) in [4.78, 5) is 0. The quantitative estimate of drug-likeness (QED) is 0.206. The second-order valence-corrected chi connectivity index (χ2v) is 11.6. The third-order valence-corrected chi connectivity index (χ3v) is 6.97. The number of hydrogen-bond acceptors (Lipinski definition) is 8. The van der Waals surface area contributed by atoms with Crippen LogP contribution >= 0.6 is 0 Å². The summed E-state index contributed by atoms with van der Waals surface area (Å²) in [7, 11) is -8.21. The third kappa shape index (κ3) is 14.6. The highest BCUT2D eigenvalue weighted by atomic mass is 32.2. The van der Waals surface area contributed by atoms with Gasteiger partial charge >= 0.3 is 0 Å². The van der Waals surface area contributed by atoms with Gasteiger partial charge in [0.2, 0.25) is 0 Å². The van der Waals surface area contributed by atoms with Crippen molar-refractivity contribution >= 4 is 20.2 Å². The molecule has 2 saturated carbocycles. The van der Waals surface area contributed by atoms with E-state index in [9.17, 15) is 27.0 Å². The third-order valence-electron chi connectivity index (χ3n) is 5.23. The minimum Gasteiger partial charge on any atom is -0.391 e. The van der Waals surface area contributed by atoms with Gasteiger partial charge in [-0.3, -0.25) is 14.4 Å². The lowest BCUT2D eigenvalue weighted by molar-refractivity contribution is 0.0276. The van der Waals surface area contributed by atoms with Gasteiger partial charge in [-0.15, -0.1) is 0 Å². The Bertz CT molecular complexity index is 685. The van der Waals surface area contributed by atoms with Crippen molar-refractivity contribution in [2.75, 3.05) is 18.1 Å². The van der Waals surface area contributed by atoms with Gasteiger partial charge in [0.15, 0.2) is 0 Å². The summed E-state index contributed by atoms with van der Waals surface area (Å²) in [6, 6.07) is 0.533. The van der Waals surface area contributed by atoms with Crippen molar-refractivity contribution in [3.05, 3.63) is 0 Å². The molecule has 180 valence electrons. The Morgan fingerprint density at radius 3 is 1.77 bits per heavy atom. The molecule has 0 aromatic carbocycles. The molecule has 0 amide bonds. The maximum atomic E-state index is 10.6. The highest BCUT2D eigenvalue weighted by Crippen LogP contribution is 2.20.